The van der Waals surface area contributed by atoms with Gasteiger partial charge in [-0.1, -0.05) is 12.1 Å². The van der Waals surface area contributed by atoms with Gasteiger partial charge in [0.25, 0.3) is 0 Å². The van der Waals surface area contributed by atoms with Crippen LogP contribution < -0.4 is 4.90 Å². The number of aliphatic imine (C=N–C) groups is 1. The van der Waals surface area contributed by atoms with Crippen molar-refractivity contribution in [3.63, 3.8) is 0 Å². The van der Waals surface area contributed by atoms with Gasteiger partial charge in [0.2, 0.25) is 0 Å². The third kappa shape index (κ3) is 4.19. The topological polar surface area (TPSA) is 70.2 Å². The molecule has 7 nitrogen and oxygen atoms in total. The first-order valence-corrected chi connectivity index (χ1v) is 15.0. The van der Waals surface area contributed by atoms with Crippen LogP contribution in [-0.2, 0) is 14.9 Å². The summed E-state index contributed by atoms with van der Waals surface area (Å²) in [4.78, 5) is 27.2. The third-order valence-corrected chi connectivity index (χ3v) is 10.0. The van der Waals surface area contributed by atoms with E-state index in [0.717, 1.165) is 108 Å². The van der Waals surface area contributed by atoms with Crippen molar-refractivity contribution in [3.8, 4) is 0 Å². The zero-order valence-electron chi connectivity index (χ0n) is 22.5. The molecule has 1 aromatic heterocycles. The summed E-state index contributed by atoms with van der Waals surface area (Å²) in [5.41, 5.74) is 6.81. The fourth-order valence-electron chi connectivity index (χ4n) is 7.35. The maximum atomic E-state index is 14.1. The van der Waals surface area contributed by atoms with Crippen LogP contribution >= 0.6 is 15.9 Å². The van der Waals surface area contributed by atoms with E-state index in [0.29, 0.717) is 19.3 Å². The van der Waals surface area contributed by atoms with Crippen molar-refractivity contribution in [1.29, 1.82) is 0 Å². The minimum Gasteiger partial charge on any atom is -0.381 e. The number of piperidine rings is 1. The van der Waals surface area contributed by atoms with E-state index in [2.05, 4.69) is 60.0 Å². The summed E-state index contributed by atoms with van der Waals surface area (Å²) in [6, 6.07) is 11.3. The summed E-state index contributed by atoms with van der Waals surface area (Å²) in [7, 11) is 1.78. The Morgan fingerprint density at radius 1 is 1.03 bits per heavy atom. The number of hydrogen-bond donors (Lipinski definition) is 1. The average molecular weight is 592 g/mol. The maximum Gasteiger partial charge on any atom is 0.195 e. The predicted molar refractivity (Wildman–Crippen MR) is 158 cm³/mol. The van der Waals surface area contributed by atoms with Gasteiger partial charge in [0, 0.05) is 90.7 Å². The smallest absolute Gasteiger partial charge is 0.195 e. The van der Waals surface area contributed by atoms with Gasteiger partial charge in [-0.2, -0.15) is 0 Å². The fourth-order valence-corrected chi connectivity index (χ4v) is 7.94. The molecule has 0 bridgehead atoms. The number of morpholine rings is 1. The third-order valence-electron chi connectivity index (χ3n) is 9.37. The lowest BCUT2D eigenvalue weighted by atomic mass is 9.64. The number of aromatic amines is 1. The minimum atomic E-state index is -0.267. The van der Waals surface area contributed by atoms with Crippen molar-refractivity contribution < 1.29 is 14.3 Å². The van der Waals surface area contributed by atoms with E-state index in [1.807, 2.05) is 12.3 Å². The Kier molecular flexibility index (Phi) is 6.62. The molecule has 0 atom stereocenters. The van der Waals surface area contributed by atoms with Crippen LogP contribution in [0.4, 0.5) is 5.69 Å². The molecule has 3 saturated heterocycles. The van der Waals surface area contributed by atoms with Gasteiger partial charge in [0.15, 0.2) is 5.78 Å². The van der Waals surface area contributed by atoms with Crippen LogP contribution in [0.1, 0.15) is 58.4 Å². The van der Waals surface area contributed by atoms with Crippen molar-refractivity contribution in [3.05, 3.63) is 62.8 Å². The van der Waals surface area contributed by atoms with Gasteiger partial charge in [0.05, 0.1) is 24.5 Å². The number of nitrogens with one attached hydrogen (secondary N) is 1. The molecule has 0 saturated carbocycles. The van der Waals surface area contributed by atoms with Gasteiger partial charge in [-0.3, -0.25) is 14.7 Å². The summed E-state index contributed by atoms with van der Waals surface area (Å²) < 4.78 is 12.4. The van der Waals surface area contributed by atoms with Crippen LogP contribution in [0.15, 0.2) is 39.8 Å². The number of rotatable bonds is 3. The molecule has 0 radical (unpaired) electrons. The van der Waals surface area contributed by atoms with Crippen LogP contribution in [0.2, 0.25) is 0 Å². The summed E-state index contributed by atoms with van der Waals surface area (Å²) in [6.07, 6.45) is 5.87. The first kappa shape index (κ1) is 25.4. The zero-order valence-corrected chi connectivity index (χ0v) is 24.1. The van der Waals surface area contributed by atoms with Gasteiger partial charge in [-0.05, 0) is 70.9 Å². The SMILES string of the molecule is C/N=C\c1ccc2c3c([nH]c2c1)C1(CCOCC1)c1cc(N2CCC(N4CCOCC4)CC2)c(Br)cc1C3=O. The van der Waals surface area contributed by atoms with Gasteiger partial charge in [0.1, 0.15) is 0 Å². The molecule has 3 aliphatic heterocycles. The van der Waals surface area contributed by atoms with E-state index in [1.165, 1.54) is 5.69 Å². The second kappa shape index (κ2) is 10.1. The van der Waals surface area contributed by atoms with E-state index in [9.17, 15) is 4.79 Å². The van der Waals surface area contributed by atoms with E-state index < -0.39 is 0 Å². The van der Waals surface area contributed by atoms with Crippen molar-refractivity contribution in [1.82, 2.24) is 9.88 Å². The van der Waals surface area contributed by atoms with Crippen LogP contribution in [0, 0.1) is 0 Å². The number of benzene rings is 2. The molecule has 4 heterocycles. The summed E-state index contributed by atoms with van der Waals surface area (Å²) in [5, 5.41) is 0.991. The highest BCUT2D eigenvalue weighted by Crippen LogP contribution is 2.51. The Labute approximate surface area is 237 Å². The number of nitrogens with zero attached hydrogens (tertiary/aromatic N) is 3. The number of halogens is 1. The molecule has 2 aromatic carbocycles. The van der Waals surface area contributed by atoms with E-state index in [1.54, 1.807) is 7.05 Å². The predicted octanol–water partition coefficient (Wildman–Crippen LogP) is 4.92. The Hall–Kier alpha value is -2.52. The lowest BCUT2D eigenvalue weighted by Gasteiger charge is -2.43. The molecule has 204 valence electrons. The van der Waals surface area contributed by atoms with Gasteiger partial charge in [-0.25, -0.2) is 0 Å². The lowest BCUT2D eigenvalue weighted by molar-refractivity contribution is 0.0115. The summed E-state index contributed by atoms with van der Waals surface area (Å²) >= 11 is 3.88. The highest BCUT2D eigenvalue weighted by molar-refractivity contribution is 9.10. The molecular weight excluding hydrogens is 556 g/mol. The molecule has 0 unspecified atom stereocenters. The highest BCUT2D eigenvalue weighted by Gasteiger charge is 2.47. The van der Waals surface area contributed by atoms with E-state index in [-0.39, 0.29) is 11.2 Å². The van der Waals surface area contributed by atoms with Crippen LogP contribution in [0.25, 0.3) is 10.9 Å². The lowest BCUT2D eigenvalue weighted by Crippen LogP contribution is -2.49. The molecule has 8 heteroatoms. The van der Waals surface area contributed by atoms with E-state index in [4.69, 9.17) is 9.47 Å². The Balaban J connectivity index is 1.28. The summed E-state index contributed by atoms with van der Waals surface area (Å²) in [5.74, 6) is 0.110. The van der Waals surface area contributed by atoms with Crippen molar-refractivity contribution in [2.45, 2.75) is 37.1 Å². The number of ketones is 1. The second-order valence-corrected chi connectivity index (χ2v) is 12.2. The number of anilines is 1. The highest BCUT2D eigenvalue weighted by atomic mass is 79.9. The Bertz CT molecular complexity index is 1440. The molecular formula is C31H35BrN4O3. The number of ether oxygens (including phenoxy) is 2. The minimum absolute atomic E-state index is 0.110. The first-order valence-electron chi connectivity index (χ1n) is 14.2. The van der Waals surface area contributed by atoms with Crippen LogP contribution in [-0.4, -0.2) is 87.6 Å². The van der Waals surface area contributed by atoms with Crippen LogP contribution in [0.3, 0.4) is 0 Å². The molecule has 3 fully saturated rings. The molecule has 1 spiro atoms. The molecule has 0 amide bonds. The Morgan fingerprint density at radius 3 is 2.51 bits per heavy atom. The number of carbonyl (C=O) groups excluding carboxylic acids is 1. The van der Waals surface area contributed by atoms with Crippen LogP contribution in [0.5, 0.6) is 0 Å². The van der Waals surface area contributed by atoms with Gasteiger partial charge in [-0.15, -0.1) is 0 Å². The van der Waals surface area contributed by atoms with Crippen molar-refractivity contribution >= 4 is 44.5 Å². The first-order chi connectivity index (χ1) is 19.1. The molecule has 1 aliphatic carbocycles. The number of aromatic nitrogens is 1. The maximum absolute atomic E-state index is 14.1. The average Bonchev–Trinajstić information content (AvgIpc) is 3.37. The van der Waals surface area contributed by atoms with Crippen molar-refractivity contribution in [2.24, 2.45) is 4.99 Å². The number of hydrogen-bond acceptors (Lipinski definition) is 6. The standard InChI is InChI=1S/C31H35BrN4O3/c1-33-19-20-2-3-22-26(16-20)34-30-28(22)29(37)23-17-25(32)27(18-24(23)31(30)6-12-38-13-7-31)36-8-4-21(5-9-36)35-10-14-39-15-11-35/h2-3,16-19,21,34H,4-15H2,1H3/b33-19-. The normalized spacial score (nSPS) is 22.1. The molecule has 4 aliphatic rings. The fraction of sp³-hybridized carbons (Fsp3) is 0.484. The number of fused-ring (bicyclic) bond motifs is 6. The molecule has 7 rings (SSSR count). The second-order valence-electron chi connectivity index (χ2n) is 11.3. The van der Waals surface area contributed by atoms with Gasteiger partial charge >= 0.3 is 0 Å². The largest absolute Gasteiger partial charge is 0.381 e. The molecule has 39 heavy (non-hydrogen) atoms. The number of carbonyl (C=O) groups is 1. The number of H-pyrrole nitrogens is 1. The zero-order chi connectivity index (χ0) is 26.6. The molecule has 3 aromatic rings. The van der Waals surface area contributed by atoms with Gasteiger partial charge < -0.3 is 19.4 Å². The quantitative estimate of drug-likeness (QED) is 0.438. The van der Waals surface area contributed by atoms with Crippen molar-refractivity contribution in [2.75, 3.05) is 64.6 Å². The monoisotopic (exact) mass is 590 g/mol. The Morgan fingerprint density at radius 2 is 1.77 bits per heavy atom. The van der Waals surface area contributed by atoms with E-state index >= 15 is 0 Å². The molecule has 1 N–H and O–H groups in total. The summed E-state index contributed by atoms with van der Waals surface area (Å²) in [6.45, 7) is 7.18.